The van der Waals surface area contributed by atoms with Crippen LogP contribution in [0.4, 0.5) is 0 Å². The maximum absolute atomic E-state index is 12.2. The van der Waals surface area contributed by atoms with Gasteiger partial charge in [-0.3, -0.25) is 19.2 Å². The summed E-state index contributed by atoms with van der Waals surface area (Å²) in [6, 6.07) is 25.4. The minimum Gasteiger partial charge on any atom is -0.489 e. The molecule has 3 aromatic carbocycles. The van der Waals surface area contributed by atoms with Crippen LogP contribution in [0.15, 0.2) is 78.9 Å². The zero-order valence-corrected chi connectivity index (χ0v) is 28.9. The van der Waals surface area contributed by atoms with E-state index in [1.807, 2.05) is 85.8 Å². The number of carbonyl (C=O) groups is 4. The van der Waals surface area contributed by atoms with E-state index in [-0.39, 0.29) is 6.61 Å². The molecule has 1 aliphatic heterocycles. The van der Waals surface area contributed by atoms with E-state index in [9.17, 15) is 19.2 Å². The van der Waals surface area contributed by atoms with Crippen LogP contribution < -0.4 is 9.47 Å². The molecule has 6 atom stereocenters. The van der Waals surface area contributed by atoms with E-state index in [0.29, 0.717) is 37.6 Å². The molecular weight excluding hydrogens is 648 g/mol. The first-order chi connectivity index (χ1) is 24.0. The molecule has 0 bridgehead atoms. The summed E-state index contributed by atoms with van der Waals surface area (Å²) >= 11 is 0. The third-order valence-electron chi connectivity index (χ3n) is 7.66. The molecule has 1 unspecified atom stereocenters. The second-order valence-electron chi connectivity index (χ2n) is 11.9. The van der Waals surface area contributed by atoms with Crippen LogP contribution in [0.2, 0.25) is 0 Å². The summed E-state index contributed by atoms with van der Waals surface area (Å²) < 4.78 is 46.4. The number of ether oxygens (including phenoxy) is 8. The van der Waals surface area contributed by atoms with Crippen molar-refractivity contribution in [2.45, 2.75) is 97.5 Å². The summed E-state index contributed by atoms with van der Waals surface area (Å²) in [4.78, 5) is 48.0. The Balaban J connectivity index is 1.52. The molecule has 0 amide bonds. The van der Waals surface area contributed by atoms with Crippen molar-refractivity contribution in [3.8, 4) is 11.5 Å². The minimum absolute atomic E-state index is 0.340. The average Bonchev–Trinajstić information content (AvgIpc) is 3.08. The van der Waals surface area contributed by atoms with Gasteiger partial charge in [0.2, 0.25) is 0 Å². The zero-order valence-electron chi connectivity index (χ0n) is 28.9. The fourth-order valence-corrected chi connectivity index (χ4v) is 5.40. The van der Waals surface area contributed by atoms with Gasteiger partial charge in [-0.15, -0.1) is 0 Å². The number of rotatable bonds is 16. The molecule has 1 saturated heterocycles. The molecule has 0 radical (unpaired) electrons. The van der Waals surface area contributed by atoms with Crippen molar-refractivity contribution in [3.05, 3.63) is 95.6 Å². The highest BCUT2D eigenvalue weighted by Crippen LogP contribution is 2.32. The van der Waals surface area contributed by atoms with Gasteiger partial charge in [0, 0.05) is 33.8 Å². The third-order valence-corrected chi connectivity index (χ3v) is 7.66. The highest BCUT2D eigenvalue weighted by molar-refractivity contribution is 5.68. The van der Waals surface area contributed by atoms with Crippen LogP contribution >= 0.6 is 0 Å². The molecule has 0 N–H and O–H groups in total. The summed E-state index contributed by atoms with van der Waals surface area (Å²) in [6.45, 7) is 6.96. The Hall–Kier alpha value is -4.94. The van der Waals surface area contributed by atoms with Crippen LogP contribution in [0.5, 0.6) is 11.5 Å². The summed E-state index contributed by atoms with van der Waals surface area (Å²) in [6.07, 6.45) is -5.75. The predicted molar refractivity (Wildman–Crippen MR) is 179 cm³/mol. The summed E-state index contributed by atoms with van der Waals surface area (Å²) in [5, 5.41) is 0. The summed E-state index contributed by atoms with van der Waals surface area (Å²) in [5.41, 5.74) is 2.95. The second kappa shape index (κ2) is 18.7. The Labute approximate surface area is 291 Å². The Morgan fingerprint density at radius 1 is 0.680 bits per heavy atom. The van der Waals surface area contributed by atoms with E-state index >= 15 is 0 Å². The Bertz CT molecular complexity index is 1560. The van der Waals surface area contributed by atoms with Crippen LogP contribution in [-0.4, -0.2) is 67.3 Å². The molecular formula is C38H44O12. The van der Waals surface area contributed by atoms with Crippen molar-refractivity contribution in [2.75, 3.05) is 6.61 Å². The Kier molecular flexibility index (Phi) is 14.2. The molecule has 12 heteroatoms. The van der Waals surface area contributed by atoms with E-state index < -0.39 is 60.7 Å². The van der Waals surface area contributed by atoms with Gasteiger partial charge >= 0.3 is 23.9 Å². The lowest BCUT2D eigenvalue weighted by Crippen LogP contribution is -2.63. The molecule has 0 aromatic heterocycles. The fourth-order valence-electron chi connectivity index (χ4n) is 5.40. The van der Waals surface area contributed by atoms with E-state index in [1.165, 1.54) is 27.7 Å². The van der Waals surface area contributed by atoms with Crippen molar-refractivity contribution in [1.29, 1.82) is 0 Å². The third kappa shape index (κ3) is 11.9. The topological polar surface area (TPSA) is 142 Å². The first kappa shape index (κ1) is 37.9. The Morgan fingerprint density at radius 3 is 1.82 bits per heavy atom. The van der Waals surface area contributed by atoms with Crippen LogP contribution in [0.1, 0.15) is 57.7 Å². The number of esters is 4. The smallest absolute Gasteiger partial charge is 0.303 e. The van der Waals surface area contributed by atoms with E-state index in [2.05, 4.69) is 0 Å². The standard InChI is InChI=1S/C38H44O12/c1-24(46-38-37(49-28(5)42)36(48-27(4)41)35(47-26(3)40)34(50-38)23-43-25(2)39)16-17-31-18-19-32(44-21-29-12-8-6-9-13-29)20-33(31)45-22-30-14-10-7-11-15-30/h6-15,18-20,24,34-38H,16-17,21-23H2,1-5H3/t24?,34-,35-,36+,37-,38-/m1/s1. The van der Waals surface area contributed by atoms with Crippen LogP contribution in [0.25, 0.3) is 0 Å². The van der Waals surface area contributed by atoms with Gasteiger partial charge in [-0.1, -0.05) is 66.7 Å². The molecule has 0 spiro atoms. The zero-order chi connectivity index (χ0) is 36.0. The number of aryl methyl sites for hydroxylation is 1. The number of benzene rings is 3. The van der Waals surface area contributed by atoms with Gasteiger partial charge in [-0.05, 0) is 42.5 Å². The summed E-state index contributed by atoms with van der Waals surface area (Å²) in [5.74, 6) is -1.43. The molecule has 1 aliphatic rings. The summed E-state index contributed by atoms with van der Waals surface area (Å²) in [7, 11) is 0. The molecule has 3 aromatic rings. The highest BCUT2D eigenvalue weighted by atomic mass is 16.7. The maximum atomic E-state index is 12.2. The van der Waals surface area contributed by atoms with Crippen LogP contribution in [0, 0.1) is 0 Å². The lowest BCUT2D eigenvalue weighted by Gasteiger charge is -2.44. The van der Waals surface area contributed by atoms with Crippen molar-refractivity contribution in [2.24, 2.45) is 0 Å². The molecule has 4 rings (SSSR count). The van der Waals surface area contributed by atoms with Crippen molar-refractivity contribution in [3.63, 3.8) is 0 Å². The predicted octanol–water partition coefficient (Wildman–Crippen LogP) is 5.27. The van der Waals surface area contributed by atoms with Crippen LogP contribution in [-0.2, 0) is 67.2 Å². The van der Waals surface area contributed by atoms with Crippen molar-refractivity contribution in [1.82, 2.24) is 0 Å². The highest BCUT2D eigenvalue weighted by Gasteiger charge is 2.53. The molecule has 268 valence electrons. The van der Waals surface area contributed by atoms with Gasteiger partial charge in [0.1, 0.15) is 37.4 Å². The largest absolute Gasteiger partial charge is 0.489 e. The van der Waals surface area contributed by atoms with Gasteiger partial charge in [0.05, 0.1) is 6.10 Å². The van der Waals surface area contributed by atoms with E-state index in [0.717, 1.165) is 16.7 Å². The molecule has 12 nitrogen and oxygen atoms in total. The van der Waals surface area contributed by atoms with Gasteiger partial charge in [0.25, 0.3) is 0 Å². The molecule has 1 heterocycles. The minimum atomic E-state index is -1.31. The second-order valence-corrected chi connectivity index (χ2v) is 11.9. The number of hydrogen-bond donors (Lipinski definition) is 0. The van der Waals surface area contributed by atoms with Crippen molar-refractivity contribution >= 4 is 23.9 Å². The lowest BCUT2D eigenvalue weighted by atomic mass is 9.98. The van der Waals surface area contributed by atoms with E-state index in [1.54, 1.807) is 0 Å². The SMILES string of the molecule is CC(=O)OC[C@H]1O[C@@H](OC(C)CCc2ccc(OCc3ccccc3)cc2OCc2ccccc2)[C@H](OC(C)=O)[C@@H](OC(C)=O)[C@@H]1OC(C)=O. The van der Waals surface area contributed by atoms with Gasteiger partial charge < -0.3 is 37.9 Å². The number of hydrogen-bond acceptors (Lipinski definition) is 12. The Morgan fingerprint density at radius 2 is 1.24 bits per heavy atom. The first-order valence-corrected chi connectivity index (χ1v) is 16.4. The quantitative estimate of drug-likeness (QED) is 0.143. The van der Waals surface area contributed by atoms with Crippen molar-refractivity contribution < 1.29 is 57.1 Å². The van der Waals surface area contributed by atoms with Gasteiger partial charge in [-0.2, -0.15) is 0 Å². The average molecular weight is 693 g/mol. The lowest BCUT2D eigenvalue weighted by molar-refractivity contribution is -0.316. The maximum Gasteiger partial charge on any atom is 0.303 e. The van der Waals surface area contributed by atoms with Gasteiger partial charge in [-0.25, -0.2) is 0 Å². The fraction of sp³-hybridized carbons (Fsp3) is 0.421. The normalized spacial score (nSPS) is 20.5. The van der Waals surface area contributed by atoms with Gasteiger partial charge in [0.15, 0.2) is 24.6 Å². The first-order valence-electron chi connectivity index (χ1n) is 16.4. The molecule has 0 saturated carbocycles. The monoisotopic (exact) mass is 692 g/mol. The van der Waals surface area contributed by atoms with E-state index in [4.69, 9.17) is 37.9 Å². The molecule has 0 aliphatic carbocycles. The number of carbonyl (C=O) groups excluding carboxylic acids is 4. The van der Waals surface area contributed by atoms with Crippen LogP contribution in [0.3, 0.4) is 0 Å². The molecule has 50 heavy (non-hydrogen) atoms. The molecule has 1 fully saturated rings.